The van der Waals surface area contributed by atoms with Crippen LogP contribution < -0.4 is 5.73 Å². The SMILES string of the molecule is C=C(C)C[C@H](CC(=O)O)[C@H](N)C(=O)O. The highest BCUT2D eigenvalue weighted by molar-refractivity contribution is 5.75. The summed E-state index contributed by atoms with van der Waals surface area (Å²) >= 11 is 0. The zero-order valence-electron chi connectivity index (χ0n) is 8.06. The molecule has 0 saturated heterocycles. The smallest absolute Gasteiger partial charge is 0.320 e. The van der Waals surface area contributed by atoms with Crippen LogP contribution in [0.3, 0.4) is 0 Å². The molecule has 14 heavy (non-hydrogen) atoms. The first-order valence-corrected chi connectivity index (χ1v) is 4.19. The molecule has 0 rings (SSSR count). The van der Waals surface area contributed by atoms with Gasteiger partial charge in [0.15, 0.2) is 0 Å². The van der Waals surface area contributed by atoms with Crippen molar-refractivity contribution < 1.29 is 19.8 Å². The fourth-order valence-electron chi connectivity index (χ4n) is 1.20. The number of allylic oxidation sites excluding steroid dienone is 1. The number of aliphatic carboxylic acids is 2. The molecule has 0 heterocycles. The second-order valence-electron chi connectivity index (χ2n) is 3.38. The quantitative estimate of drug-likeness (QED) is 0.542. The normalized spacial score (nSPS) is 14.4. The van der Waals surface area contributed by atoms with E-state index in [-0.39, 0.29) is 6.42 Å². The van der Waals surface area contributed by atoms with Crippen molar-refractivity contribution in [2.75, 3.05) is 0 Å². The van der Waals surface area contributed by atoms with Gasteiger partial charge >= 0.3 is 11.9 Å². The van der Waals surface area contributed by atoms with Gasteiger partial charge in [-0.2, -0.15) is 0 Å². The molecule has 0 amide bonds. The number of hydrogen-bond donors (Lipinski definition) is 3. The molecule has 5 heteroatoms. The molecular formula is C9H15NO4. The minimum Gasteiger partial charge on any atom is -0.481 e. The lowest BCUT2D eigenvalue weighted by atomic mass is 9.90. The maximum Gasteiger partial charge on any atom is 0.320 e. The lowest BCUT2D eigenvalue weighted by Gasteiger charge is -2.18. The molecule has 0 aromatic heterocycles. The summed E-state index contributed by atoms with van der Waals surface area (Å²) in [6.07, 6.45) is 0.0695. The standard InChI is InChI=1S/C9H15NO4/c1-5(2)3-6(4-7(11)12)8(10)9(13)14/h6,8H,1,3-4,10H2,2H3,(H,11,12)(H,13,14)/t6-,8+/m1/s1. The minimum atomic E-state index is -1.18. The van der Waals surface area contributed by atoms with Crippen LogP contribution in [0.25, 0.3) is 0 Å². The summed E-state index contributed by atoms with van der Waals surface area (Å²) in [6, 6.07) is -1.15. The molecule has 0 aromatic rings. The third-order valence-electron chi connectivity index (χ3n) is 1.84. The Bertz CT molecular complexity index is 233. The highest BCUT2D eigenvalue weighted by Gasteiger charge is 2.26. The zero-order chi connectivity index (χ0) is 11.3. The fraction of sp³-hybridized carbons (Fsp3) is 0.556. The van der Waals surface area contributed by atoms with Crippen molar-refractivity contribution in [3.05, 3.63) is 12.2 Å². The van der Waals surface area contributed by atoms with Crippen LogP contribution in [-0.4, -0.2) is 28.2 Å². The van der Waals surface area contributed by atoms with E-state index >= 15 is 0 Å². The van der Waals surface area contributed by atoms with Crippen molar-refractivity contribution >= 4 is 11.9 Å². The Morgan fingerprint density at radius 1 is 1.36 bits per heavy atom. The van der Waals surface area contributed by atoms with Gasteiger partial charge in [-0.15, -0.1) is 6.58 Å². The second kappa shape index (κ2) is 5.39. The van der Waals surface area contributed by atoms with Gasteiger partial charge in [-0.05, 0) is 19.3 Å². The molecule has 0 aliphatic rings. The van der Waals surface area contributed by atoms with Gasteiger partial charge in [-0.3, -0.25) is 9.59 Å². The highest BCUT2D eigenvalue weighted by atomic mass is 16.4. The van der Waals surface area contributed by atoms with Gasteiger partial charge in [0.05, 0.1) is 6.42 Å². The van der Waals surface area contributed by atoms with Crippen molar-refractivity contribution in [1.29, 1.82) is 0 Å². The third kappa shape index (κ3) is 4.61. The molecule has 0 radical (unpaired) electrons. The van der Waals surface area contributed by atoms with E-state index in [1.807, 2.05) is 0 Å². The maximum absolute atomic E-state index is 10.6. The molecule has 0 aromatic carbocycles. The molecule has 0 saturated carbocycles. The zero-order valence-corrected chi connectivity index (χ0v) is 8.06. The summed E-state index contributed by atoms with van der Waals surface area (Å²) in [5, 5.41) is 17.2. The van der Waals surface area contributed by atoms with E-state index in [1.165, 1.54) is 0 Å². The Balaban J connectivity index is 4.45. The first-order valence-electron chi connectivity index (χ1n) is 4.19. The van der Waals surface area contributed by atoms with Crippen LogP contribution in [0, 0.1) is 5.92 Å². The maximum atomic E-state index is 10.6. The lowest BCUT2D eigenvalue weighted by Crippen LogP contribution is -2.39. The van der Waals surface area contributed by atoms with E-state index in [4.69, 9.17) is 15.9 Å². The van der Waals surface area contributed by atoms with Gasteiger partial charge in [0.1, 0.15) is 6.04 Å². The highest BCUT2D eigenvalue weighted by Crippen LogP contribution is 2.17. The van der Waals surface area contributed by atoms with E-state index in [1.54, 1.807) is 6.92 Å². The van der Waals surface area contributed by atoms with Gasteiger partial charge in [-0.25, -0.2) is 0 Å². The van der Waals surface area contributed by atoms with Gasteiger partial charge in [0.25, 0.3) is 0 Å². The molecule has 5 nitrogen and oxygen atoms in total. The predicted molar refractivity (Wildman–Crippen MR) is 50.8 cm³/mol. The first-order chi connectivity index (χ1) is 6.34. The molecule has 0 unspecified atom stereocenters. The van der Waals surface area contributed by atoms with Crippen LogP contribution in [-0.2, 0) is 9.59 Å². The van der Waals surface area contributed by atoms with Crippen LogP contribution in [0.1, 0.15) is 19.8 Å². The summed E-state index contributed by atoms with van der Waals surface area (Å²) in [5.74, 6) is -2.83. The van der Waals surface area contributed by atoms with Crippen LogP contribution in [0.15, 0.2) is 12.2 Å². The minimum absolute atomic E-state index is 0.250. The summed E-state index contributed by atoms with van der Waals surface area (Å²) in [4.78, 5) is 21.0. The molecule has 0 spiro atoms. The Labute approximate surface area is 82.2 Å². The Morgan fingerprint density at radius 3 is 2.14 bits per heavy atom. The van der Waals surface area contributed by atoms with Crippen LogP contribution in [0.5, 0.6) is 0 Å². The molecule has 4 N–H and O–H groups in total. The number of carboxylic acid groups (broad SMARTS) is 2. The van der Waals surface area contributed by atoms with E-state index < -0.39 is 23.9 Å². The number of carbonyl (C=O) groups is 2. The van der Waals surface area contributed by atoms with E-state index in [0.717, 1.165) is 5.57 Å². The van der Waals surface area contributed by atoms with Crippen LogP contribution >= 0.6 is 0 Å². The van der Waals surface area contributed by atoms with Crippen LogP contribution in [0.2, 0.25) is 0 Å². The number of rotatable bonds is 6. The number of hydrogen-bond acceptors (Lipinski definition) is 3. The van der Waals surface area contributed by atoms with Gasteiger partial charge in [0, 0.05) is 0 Å². The van der Waals surface area contributed by atoms with E-state index in [2.05, 4.69) is 6.58 Å². The van der Waals surface area contributed by atoms with Crippen LogP contribution in [0.4, 0.5) is 0 Å². The second-order valence-corrected chi connectivity index (χ2v) is 3.38. The van der Waals surface area contributed by atoms with Crippen molar-refractivity contribution in [2.24, 2.45) is 11.7 Å². The average Bonchev–Trinajstić information content (AvgIpc) is 1.99. The fourth-order valence-corrected chi connectivity index (χ4v) is 1.20. The Morgan fingerprint density at radius 2 is 1.86 bits per heavy atom. The molecule has 0 aliphatic carbocycles. The van der Waals surface area contributed by atoms with Crippen molar-refractivity contribution in [3.63, 3.8) is 0 Å². The molecule has 0 fully saturated rings. The molecular weight excluding hydrogens is 186 g/mol. The summed E-state index contributed by atoms with van der Waals surface area (Å²) in [7, 11) is 0. The van der Waals surface area contributed by atoms with E-state index in [0.29, 0.717) is 6.42 Å². The summed E-state index contributed by atoms with van der Waals surface area (Å²) < 4.78 is 0. The largest absolute Gasteiger partial charge is 0.481 e. The van der Waals surface area contributed by atoms with E-state index in [9.17, 15) is 9.59 Å². The molecule has 0 bridgehead atoms. The number of carboxylic acids is 2. The van der Waals surface area contributed by atoms with Gasteiger partial charge in [0.2, 0.25) is 0 Å². The monoisotopic (exact) mass is 201 g/mol. The summed E-state index contributed by atoms with van der Waals surface area (Å²) in [6.45, 7) is 5.31. The Kier molecular flexibility index (Phi) is 4.86. The van der Waals surface area contributed by atoms with Crippen molar-refractivity contribution in [1.82, 2.24) is 0 Å². The van der Waals surface area contributed by atoms with Crippen molar-refractivity contribution in [2.45, 2.75) is 25.8 Å². The molecule has 2 atom stereocenters. The molecule has 80 valence electrons. The topological polar surface area (TPSA) is 101 Å². The van der Waals surface area contributed by atoms with Gasteiger partial charge in [-0.1, -0.05) is 5.57 Å². The predicted octanol–water partition coefficient (Wildman–Crippen LogP) is 0.455. The summed E-state index contributed by atoms with van der Waals surface area (Å²) in [5.41, 5.74) is 6.08. The van der Waals surface area contributed by atoms with Crippen molar-refractivity contribution in [3.8, 4) is 0 Å². The number of nitrogens with two attached hydrogens (primary N) is 1. The van der Waals surface area contributed by atoms with Gasteiger partial charge < -0.3 is 15.9 Å². The Hall–Kier alpha value is -1.36. The average molecular weight is 201 g/mol. The first kappa shape index (κ1) is 12.6. The third-order valence-corrected chi connectivity index (χ3v) is 1.84. The molecule has 0 aliphatic heterocycles. The lowest BCUT2D eigenvalue weighted by molar-refractivity contribution is -0.142.